The summed E-state index contributed by atoms with van der Waals surface area (Å²) < 4.78 is 0. The monoisotopic (exact) mass is 299 g/mol. The molecule has 4 heteroatoms. The summed E-state index contributed by atoms with van der Waals surface area (Å²) in [5.74, 6) is -1.31. The first-order chi connectivity index (χ1) is 10.1. The molecule has 0 aromatic heterocycles. The second-order valence-electron chi connectivity index (χ2n) is 5.83. The van der Waals surface area contributed by atoms with Crippen LogP contribution in [0.2, 0.25) is 0 Å². The van der Waals surface area contributed by atoms with E-state index in [0.717, 1.165) is 12.8 Å². The van der Waals surface area contributed by atoms with E-state index in [4.69, 9.17) is 5.11 Å². The van der Waals surface area contributed by atoms with E-state index in [-0.39, 0.29) is 12.5 Å². The average Bonchev–Trinajstić information content (AvgIpc) is 2.45. The summed E-state index contributed by atoms with van der Waals surface area (Å²) in [6, 6.07) is 0. The van der Waals surface area contributed by atoms with Crippen LogP contribution in [0.5, 0.6) is 0 Å². The van der Waals surface area contributed by atoms with Crippen LogP contribution in [-0.2, 0) is 9.59 Å². The normalized spacial score (nSPS) is 12.1. The first-order valence-corrected chi connectivity index (χ1v) is 8.61. The van der Waals surface area contributed by atoms with Gasteiger partial charge in [0.05, 0.1) is 5.92 Å². The van der Waals surface area contributed by atoms with E-state index in [2.05, 4.69) is 12.2 Å². The van der Waals surface area contributed by atoms with E-state index in [9.17, 15) is 9.59 Å². The average molecular weight is 299 g/mol. The topological polar surface area (TPSA) is 66.4 Å². The molecule has 0 aliphatic carbocycles. The van der Waals surface area contributed by atoms with Crippen LogP contribution < -0.4 is 5.32 Å². The molecule has 0 saturated carbocycles. The first-order valence-electron chi connectivity index (χ1n) is 8.61. The molecule has 0 spiro atoms. The predicted molar refractivity (Wildman–Crippen MR) is 86.3 cm³/mol. The summed E-state index contributed by atoms with van der Waals surface area (Å²) in [5, 5.41) is 11.6. The zero-order chi connectivity index (χ0) is 15.9. The van der Waals surface area contributed by atoms with Gasteiger partial charge >= 0.3 is 5.97 Å². The van der Waals surface area contributed by atoms with Crippen LogP contribution >= 0.6 is 0 Å². The van der Waals surface area contributed by atoms with Gasteiger partial charge in [-0.2, -0.15) is 0 Å². The van der Waals surface area contributed by atoms with Crippen LogP contribution in [-0.4, -0.2) is 23.5 Å². The Bertz CT molecular complexity index is 279. The van der Waals surface area contributed by atoms with E-state index in [0.29, 0.717) is 12.8 Å². The van der Waals surface area contributed by atoms with Gasteiger partial charge in [-0.05, 0) is 12.8 Å². The molecule has 1 unspecified atom stereocenters. The first kappa shape index (κ1) is 19.9. The standard InChI is InChI=1S/C17H33NO3/c1-3-5-6-7-8-9-10-11-12-13-16(19)18-14-15(4-2)17(20)21/h15H,3-14H2,1-2H3,(H,18,19)(H,20,21). The summed E-state index contributed by atoms with van der Waals surface area (Å²) in [5.41, 5.74) is 0. The van der Waals surface area contributed by atoms with Gasteiger partial charge in [-0.15, -0.1) is 0 Å². The van der Waals surface area contributed by atoms with Gasteiger partial charge in [0.15, 0.2) is 0 Å². The fourth-order valence-corrected chi connectivity index (χ4v) is 2.33. The second-order valence-corrected chi connectivity index (χ2v) is 5.83. The Morgan fingerprint density at radius 2 is 1.43 bits per heavy atom. The fraction of sp³-hybridized carbons (Fsp3) is 0.882. The Labute approximate surface area is 129 Å². The lowest BCUT2D eigenvalue weighted by atomic mass is 10.1. The molecule has 0 aromatic carbocycles. The molecule has 0 saturated heterocycles. The maximum atomic E-state index is 11.6. The highest BCUT2D eigenvalue weighted by Crippen LogP contribution is 2.10. The summed E-state index contributed by atoms with van der Waals surface area (Å²) in [6.07, 6.45) is 12.2. The summed E-state index contributed by atoms with van der Waals surface area (Å²) in [6.45, 7) is 4.30. The van der Waals surface area contributed by atoms with Gasteiger partial charge in [-0.25, -0.2) is 0 Å². The third-order valence-electron chi connectivity index (χ3n) is 3.90. The van der Waals surface area contributed by atoms with Crippen molar-refractivity contribution in [1.82, 2.24) is 5.32 Å². The van der Waals surface area contributed by atoms with Crippen molar-refractivity contribution in [3.8, 4) is 0 Å². The SMILES string of the molecule is CCCCCCCCCCCC(=O)NCC(CC)C(=O)O. The summed E-state index contributed by atoms with van der Waals surface area (Å²) in [4.78, 5) is 22.4. The molecule has 124 valence electrons. The minimum Gasteiger partial charge on any atom is -0.481 e. The quantitative estimate of drug-likeness (QED) is 0.474. The molecule has 2 N–H and O–H groups in total. The van der Waals surface area contributed by atoms with Gasteiger partial charge in [0.2, 0.25) is 5.91 Å². The molecular weight excluding hydrogens is 266 g/mol. The van der Waals surface area contributed by atoms with E-state index in [1.165, 1.54) is 44.9 Å². The molecular formula is C17H33NO3. The maximum Gasteiger partial charge on any atom is 0.308 e. The van der Waals surface area contributed by atoms with Gasteiger partial charge in [0.25, 0.3) is 0 Å². The number of hydrogen-bond donors (Lipinski definition) is 2. The third-order valence-corrected chi connectivity index (χ3v) is 3.90. The molecule has 0 aromatic rings. The number of carbonyl (C=O) groups excluding carboxylic acids is 1. The molecule has 0 aliphatic rings. The highest BCUT2D eigenvalue weighted by Gasteiger charge is 2.15. The summed E-state index contributed by atoms with van der Waals surface area (Å²) >= 11 is 0. The van der Waals surface area contributed by atoms with Gasteiger partial charge in [0, 0.05) is 13.0 Å². The van der Waals surface area contributed by atoms with E-state index in [1.807, 2.05) is 6.92 Å². The molecule has 0 fully saturated rings. The Kier molecular flexibility index (Phi) is 13.2. The second kappa shape index (κ2) is 13.9. The van der Waals surface area contributed by atoms with Crippen LogP contribution in [0.15, 0.2) is 0 Å². The van der Waals surface area contributed by atoms with Gasteiger partial charge < -0.3 is 10.4 Å². The van der Waals surface area contributed by atoms with Gasteiger partial charge in [0.1, 0.15) is 0 Å². The molecule has 0 radical (unpaired) electrons. The number of amides is 1. The highest BCUT2D eigenvalue weighted by atomic mass is 16.4. The molecule has 0 bridgehead atoms. The van der Waals surface area contributed by atoms with Crippen LogP contribution in [0.1, 0.15) is 84.5 Å². The minimum atomic E-state index is -0.833. The maximum absolute atomic E-state index is 11.6. The number of carboxylic acid groups (broad SMARTS) is 1. The van der Waals surface area contributed by atoms with Crippen molar-refractivity contribution in [3.63, 3.8) is 0 Å². The van der Waals surface area contributed by atoms with Crippen molar-refractivity contribution in [2.45, 2.75) is 84.5 Å². The zero-order valence-corrected chi connectivity index (χ0v) is 13.8. The highest BCUT2D eigenvalue weighted by molar-refractivity contribution is 5.77. The molecule has 1 amide bonds. The van der Waals surface area contributed by atoms with Crippen molar-refractivity contribution in [2.75, 3.05) is 6.54 Å². The van der Waals surface area contributed by atoms with Gasteiger partial charge in [-0.3, -0.25) is 9.59 Å². The molecule has 21 heavy (non-hydrogen) atoms. The van der Waals surface area contributed by atoms with E-state index >= 15 is 0 Å². The fourth-order valence-electron chi connectivity index (χ4n) is 2.33. The van der Waals surface area contributed by atoms with Crippen LogP contribution in [0, 0.1) is 5.92 Å². The van der Waals surface area contributed by atoms with Crippen LogP contribution in [0.25, 0.3) is 0 Å². The lowest BCUT2D eigenvalue weighted by Gasteiger charge is -2.10. The van der Waals surface area contributed by atoms with E-state index in [1.54, 1.807) is 0 Å². The van der Waals surface area contributed by atoms with Crippen LogP contribution in [0.4, 0.5) is 0 Å². The molecule has 0 heterocycles. The Morgan fingerprint density at radius 3 is 1.90 bits per heavy atom. The van der Waals surface area contributed by atoms with Crippen molar-refractivity contribution in [2.24, 2.45) is 5.92 Å². The molecule has 4 nitrogen and oxygen atoms in total. The zero-order valence-electron chi connectivity index (χ0n) is 13.8. The Morgan fingerprint density at radius 1 is 0.905 bits per heavy atom. The lowest BCUT2D eigenvalue weighted by Crippen LogP contribution is -2.32. The van der Waals surface area contributed by atoms with Crippen molar-refractivity contribution < 1.29 is 14.7 Å². The number of hydrogen-bond acceptors (Lipinski definition) is 2. The number of nitrogens with one attached hydrogen (secondary N) is 1. The number of carbonyl (C=O) groups is 2. The number of unbranched alkanes of at least 4 members (excludes halogenated alkanes) is 8. The van der Waals surface area contributed by atoms with Gasteiger partial charge in [-0.1, -0.05) is 65.2 Å². The third kappa shape index (κ3) is 12.4. The minimum absolute atomic E-state index is 0.0161. The van der Waals surface area contributed by atoms with Crippen molar-refractivity contribution in [1.29, 1.82) is 0 Å². The van der Waals surface area contributed by atoms with Crippen LogP contribution in [0.3, 0.4) is 0 Å². The lowest BCUT2D eigenvalue weighted by molar-refractivity contribution is -0.141. The largest absolute Gasteiger partial charge is 0.481 e. The Hall–Kier alpha value is -1.06. The predicted octanol–water partition coefficient (Wildman–Crippen LogP) is 4.13. The number of carboxylic acids is 1. The van der Waals surface area contributed by atoms with Crippen molar-refractivity contribution >= 4 is 11.9 Å². The number of rotatable bonds is 14. The Balaban J connectivity index is 3.39. The van der Waals surface area contributed by atoms with E-state index < -0.39 is 11.9 Å². The molecule has 0 aliphatic heterocycles. The smallest absolute Gasteiger partial charge is 0.308 e. The summed E-state index contributed by atoms with van der Waals surface area (Å²) in [7, 11) is 0. The molecule has 0 rings (SSSR count). The number of aliphatic carboxylic acids is 1. The van der Waals surface area contributed by atoms with Crippen molar-refractivity contribution in [3.05, 3.63) is 0 Å². The molecule has 1 atom stereocenters.